The lowest BCUT2D eigenvalue weighted by Gasteiger charge is -2.35. The summed E-state index contributed by atoms with van der Waals surface area (Å²) in [5, 5.41) is 3.24. The quantitative estimate of drug-likeness (QED) is 0.843. The fourth-order valence-corrected chi connectivity index (χ4v) is 3.62. The van der Waals surface area contributed by atoms with Gasteiger partial charge < -0.3 is 5.32 Å². The van der Waals surface area contributed by atoms with Crippen LogP contribution in [0.25, 0.3) is 0 Å². The number of carbonyl (C=O) groups is 1. The van der Waals surface area contributed by atoms with Gasteiger partial charge >= 0.3 is 0 Å². The second-order valence-electron chi connectivity index (χ2n) is 6.52. The minimum atomic E-state index is 0.0631. The second kappa shape index (κ2) is 4.20. The van der Waals surface area contributed by atoms with Gasteiger partial charge in [-0.2, -0.15) is 0 Å². The minimum Gasteiger partial charge on any atom is -0.344 e. The number of nitrogens with one attached hydrogen (secondary N) is 1. The molecule has 1 aliphatic carbocycles. The van der Waals surface area contributed by atoms with E-state index in [1.165, 1.54) is 22.3 Å². The van der Waals surface area contributed by atoms with Gasteiger partial charge in [0.2, 0.25) is 0 Å². The molecule has 1 unspecified atom stereocenters. The van der Waals surface area contributed by atoms with Gasteiger partial charge in [-0.05, 0) is 43.9 Å². The smallest absolute Gasteiger partial charge is 0.252 e. The van der Waals surface area contributed by atoms with Crippen molar-refractivity contribution in [2.45, 2.75) is 38.1 Å². The first-order chi connectivity index (χ1) is 10.1. The summed E-state index contributed by atoms with van der Waals surface area (Å²) in [6, 6.07) is 14.9. The van der Waals surface area contributed by atoms with E-state index in [0.29, 0.717) is 0 Å². The molecule has 1 N–H and O–H groups in total. The summed E-state index contributed by atoms with van der Waals surface area (Å²) in [4.78, 5) is 12.5. The molecule has 1 fully saturated rings. The maximum absolute atomic E-state index is 12.5. The first-order valence-electron chi connectivity index (χ1n) is 7.59. The molecule has 1 heterocycles. The van der Waals surface area contributed by atoms with E-state index in [4.69, 9.17) is 0 Å². The predicted octanol–water partition coefficient (Wildman–Crippen LogP) is 3.82. The molecule has 1 saturated carbocycles. The van der Waals surface area contributed by atoms with Gasteiger partial charge in [0.25, 0.3) is 5.91 Å². The van der Waals surface area contributed by atoms with E-state index >= 15 is 0 Å². The summed E-state index contributed by atoms with van der Waals surface area (Å²) >= 11 is 0. The monoisotopic (exact) mass is 277 g/mol. The van der Waals surface area contributed by atoms with E-state index in [0.717, 1.165) is 18.4 Å². The van der Waals surface area contributed by atoms with Crippen molar-refractivity contribution >= 4 is 5.91 Å². The Labute approximate surface area is 125 Å². The summed E-state index contributed by atoms with van der Waals surface area (Å²) in [5.74, 6) is 0.0631. The Morgan fingerprint density at radius 3 is 2.33 bits per heavy atom. The minimum absolute atomic E-state index is 0.0631. The fourth-order valence-electron chi connectivity index (χ4n) is 3.62. The molecule has 2 nitrogen and oxygen atoms in total. The van der Waals surface area contributed by atoms with Crippen LogP contribution in [0.1, 0.15) is 51.5 Å². The van der Waals surface area contributed by atoms with E-state index in [2.05, 4.69) is 49.5 Å². The van der Waals surface area contributed by atoms with Crippen molar-refractivity contribution < 1.29 is 4.79 Å². The third-order valence-electron chi connectivity index (χ3n) is 4.98. The lowest BCUT2D eigenvalue weighted by molar-refractivity contribution is 0.0909. The maximum atomic E-state index is 12.5. The number of aryl methyl sites for hydroxylation is 2. The Bertz CT molecular complexity index is 726. The summed E-state index contributed by atoms with van der Waals surface area (Å²) in [7, 11) is 0. The number of hydrogen-bond donors (Lipinski definition) is 1. The Hall–Kier alpha value is -2.09. The molecule has 2 aromatic carbocycles. The van der Waals surface area contributed by atoms with Crippen LogP contribution in [0.5, 0.6) is 0 Å². The molecule has 2 aromatic rings. The Morgan fingerprint density at radius 2 is 1.67 bits per heavy atom. The number of carbonyl (C=O) groups excluding carboxylic acids is 1. The highest BCUT2D eigenvalue weighted by molar-refractivity contribution is 5.98. The zero-order valence-electron chi connectivity index (χ0n) is 12.4. The van der Waals surface area contributed by atoms with Gasteiger partial charge in [0.05, 0.1) is 6.04 Å². The van der Waals surface area contributed by atoms with E-state index in [1.54, 1.807) is 0 Å². The van der Waals surface area contributed by atoms with Crippen molar-refractivity contribution in [2.75, 3.05) is 0 Å². The molecule has 4 rings (SSSR count). The van der Waals surface area contributed by atoms with Crippen molar-refractivity contribution in [2.24, 2.45) is 0 Å². The van der Waals surface area contributed by atoms with Gasteiger partial charge in [-0.25, -0.2) is 0 Å². The SMILES string of the molecule is Cc1ccc(C2NC(=O)c3ccc(C)cc3C23CC3)cc1. The van der Waals surface area contributed by atoms with Gasteiger partial charge in [0, 0.05) is 11.0 Å². The highest BCUT2D eigenvalue weighted by Gasteiger charge is 2.55. The van der Waals surface area contributed by atoms with Gasteiger partial charge in [0.15, 0.2) is 0 Å². The third kappa shape index (κ3) is 1.82. The van der Waals surface area contributed by atoms with E-state index in [-0.39, 0.29) is 17.4 Å². The standard InChI is InChI=1S/C19H19NO/c1-12-3-6-14(7-4-12)17-19(9-10-19)16-11-13(2)5-8-15(16)18(21)20-17/h3-8,11,17H,9-10H2,1-2H3,(H,20,21). The Morgan fingerprint density at radius 1 is 1.00 bits per heavy atom. The van der Waals surface area contributed by atoms with Crippen LogP contribution in [0.3, 0.4) is 0 Å². The number of hydrogen-bond acceptors (Lipinski definition) is 1. The van der Waals surface area contributed by atoms with E-state index in [1.807, 2.05) is 12.1 Å². The molecular weight excluding hydrogens is 258 g/mol. The van der Waals surface area contributed by atoms with Gasteiger partial charge in [-0.1, -0.05) is 47.5 Å². The van der Waals surface area contributed by atoms with Crippen molar-refractivity contribution in [3.05, 3.63) is 70.3 Å². The molecule has 2 heteroatoms. The number of amides is 1. The molecule has 0 radical (unpaired) electrons. The fraction of sp³-hybridized carbons (Fsp3) is 0.316. The number of rotatable bonds is 1. The molecule has 1 spiro atoms. The topological polar surface area (TPSA) is 29.1 Å². The van der Waals surface area contributed by atoms with Crippen LogP contribution in [0.4, 0.5) is 0 Å². The molecule has 0 aromatic heterocycles. The largest absolute Gasteiger partial charge is 0.344 e. The highest BCUT2D eigenvalue weighted by atomic mass is 16.1. The predicted molar refractivity (Wildman–Crippen MR) is 83.5 cm³/mol. The van der Waals surface area contributed by atoms with Crippen molar-refractivity contribution in [1.29, 1.82) is 0 Å². The first-order valence-corrected chi connectivity index (χ1v) is 7.59. The van der Waals surface area contributed by atoms with Crippen LogP contribution in [0.2, 0.25) is 0 Å². The lowest BCUT2D eigenvalue weighted by Crippen LogP contribution is -2.42. The van der Waals surface area contributed by atoms with Crippen LogP contribution >= 0.6 is 0 Å². The average molecular weight is 277 g/mol. The summed E-state index contributed by atoms with van der Waals surface area (Å²) < 4.78 is 0. The molecule has 2 aliphatic rings. The average Bonchev–Trinajstić information content (AvgIpc) is 3.26. The lowest BCUT2D eigenvalue weighted by atomic mass is 9.77. The van der Waals surface area contributed by atoms with Gasteiger partial charge in [0.1, 0.15) is 0 Å². The molecule has 1 amide bonds. The van der Waals surface area contributed by atoms with Crippen LogP contribution in [0, 0.1) is 13.8 Å². The first kappa shape index (κ1) is 12.6. The van der Waals surface area contributed by atoms with Crippen LogP contribution in [0.15, 0.2) is 42.5 Å². The Balaban J connectivity index is 1.85. The van der Waals surface area contributed by atoms with Crippen LogP contribution < -0.4 is 5.32 Å². The molecule has 1 atom stereocenters. The number of benzene rings is 2. The zero-order valence-corrected chi connectivity index (χ0v) is 12.4. The molecule has 21 heavy (non-hydrogen) atoms. The van der Waals surface area contributed by atoms with Crippen molar-refractivity contribution in [3.8, 4) is 0 Å². The van der Waals surface area contributed by atoms with Crippen molar-refractivity contribution in [1.82, 2.24) is 5.32 Å². The highest BCUT2D eigenvalue weighted by Crippen LogP contribution is 2.59. The maximum Gasteiger partial charge on any atom is 0.252 e. The molecule has 0 bridgehead atoms. The molecule has 0 saturated heterocycles. The summed E-state index contributed by atoms with van der Waals surface area (Å²) in [6.07, 6.45) is 2.31. The van der Waals surface area contributed by atoms with Crippen LogP contribution in [-0.4, -0.2) is 5.91 Å². The Kier molecular flexibility index (Phi) is 2.53. The van der Waals surface area contributed by atoms with Crippen molar-refractivity contribution in [3.63, 3.8) is 0 Å². The second-order valence-corrected chi connectivity index (χ2v) is 6.52. The molecule has 1 aliphatic heterocycles. The van der Waals surface area contributed by atoms with Gasteiger partial charge in [-0.3, -0.25) is 4.79 Å². The van der Waals surface area contributed by atoms with E-state index in [9.17, 15) is 4.79 Å². The van der Waals surface area contributed by atoms with E-state index < -0.39 is 0 Å². The molecular formula is C19H19NO. The zero-order chi connectivity index (χ0) is 14.6. The normalized spacial score (nSPS) is 21.8. The molecule has 106 valence electrons. The van der Waals surface area contributed by atoms with Gasteiger partial charge in [-0.15, -0.1) is 0 Å². The number of fused-ring (bicyclic) bond motifs is 2. The summed E-state index contributed by atoms with van der Waals surface area (Å²) in [6.45, 7) is 4.19. The third-order valence-corrected chi connectivity index (χ3v) is 4.98. The summed E-state index contributed by atoms with van der Waals surface area (Å²) in [5.41, 5.74) is 5.93. The van der Waals surface area contributed by atoms with Crippen LogP contribution in [-0.2, 0) is 5.41 Å².